The highest BCUT2D eigenvalue weighted by atomic mass is 15.2. The zero-order valence-corrected chi connectivity index (χ0v) is 56.4. The van der Waals surface area contributed by atoms with E-state index >= 15 is 0 Å². The average Bonchev–Trinajstić information content (AvgIpc) is 0.686. The Bertz CT molecular complexity index is 5880. The Hall–Kier alpha value is -13.4. The van der Waals surface area contributed by atoms with Crippen LogP contribution in [0.25, 0.3) is 55.6 Å². The van der Waals surface area contributed by atoms with Gasteiger partial charge in [-0.15, -0.1) is 0 Å². The molecule has 7 heteroatoms. The number of rotatable bonds is 12. The third kappa shape index (κ3) is 9.80. The summed E-state index contributed by atoms with van der Waals surface area (Å²) in [6, 6.07) is 147. The quantitative estimate of drug-likeness (QED) is 0.113. The van der Waals surface area contributed by atoms with E-state index in [-0.39, 0.29) is 13.4 Å². The van der Waals surface area contributed by atoms with Crippen LogP contribution in [0.15, 0.2) is 394 Å². The van der Waals surface area contributed by atoms with Crippen LogP contribution in [0.4, 0.5) is 85.3 Å². The zero-order chi connectivity index (χ0) is 67.9. The van der Waals surface area contributed by atoms with E-state index in [1.807, 2.05) is 0 Å². The maximum atomic E-state index is 2.67. The molecule has 4 aliphatic rings. The van der Waals surface area contributed by atoms with Crippen molar-refractivity contribution in [1.29, 1.82) is 0 Å². The average molecular weight is 1310 g/mol. The lowest BCUT2D eigenvalue weighted by molar-refractivity contribution is 1.22. The summed E-state index contributed by atoms with van der Waals surface area (Å²) in [7, 11) is 0. The van der Waals surface area contributed by atoms with Gasteiger partial charge in [-0.2, -0.15) is 0 Å². The molecular formula is C96H65B2N5. The molecule has 0 saturated carbocycles. The van der Waals surface area contributed by atoms with Gasteiger partial charge in [0.1, 0.15) is 0 Å². The number of hydrogen-bond donors (Lipinski definition) is 0. The molecule has 0 unspecified atom stereocenters. The Morgan fingerprint density at radius 2 is 0.427 bits per heavy atom. The molecule has 16 aromatic carbocycles. The fourth-order valence-corrected chi connectivity index (χ4v) is 17.1. The predicted octanol–water partition coefficient (Wildman–Crippen LogP) is 21.7. The molecule has 0 amide bonds. The Morgan fingerprint density at radius 3 is 0.767 bits per heavy atom. The second-order valence-electron chi connectivity index (χ2n) is 27.0. The van der Waals surface area contributed by atoms with Crippen molar-refractivity contribution in [2.75, 3.05) is 24.5 Å². The number of anilines is 15. The molecule has 0 spiro atoms. The molecule has 0 aliphatic carbocycles. The molecule has 0 N–H and O–H groups in total. The number of hydrogen-bond acceptors (Lipinski definition) is 5. The molecule has 0 aromatic heterocycles. The first-order valence-electron chi connectivity index (χ1n) is 35.6. The summed E-state index contributed by atoms with van der Waals surface area (Å²) in [4.78, 5) is 12.9. The van der Waals surface area contributed by atoms with Crippen LogP contribution in [0.3, 0.4) is 0 Å². The summed E-state index contributed by atoms with van der Waals surface area (Å²) < 4.78 is 0. The standard InChI is InChI=1S/C96H65B2N5/c1-8-34-66(35-9-1)71-60-91-95-92(61-71)102(85-56-30-24-50-77(85)69-40-14-4-15-41-69)89-65-90-82(64-81(89)97(95)79-52-26-32-58-87(79)100(91)83-54-28-22-48-75(83)67-36-10-2-11-37-67)98-80-53-27-33-59-88(80)101(84-55-29-23-49-76(84)68-38-12-3-13-39-68)93-62-74(99(72-44-18-6-19-45-72)73-46-20-7-21-47-73)63-94(96(93)98)103(90)86-57-31-25-51-78(86)70-42-16-5-17-43-70/h1-65H. The van der Waals surface area contributed by atoms with Crippen LogP contribution in [0.5, 0.6) is 0 Å². The molecule has 5 nitrogen and oxygen atoms in total. The SMILES string of the molecule is c1ccc(-c2cc3c4c(c2)N(c2ccccc2-c2ccccc2)c2cc5c(cc2B4c2ccccc2N3c2ccccc2-c2ccccc2)B2c3ccccc3N(c3ccccc3-c3ccccc3)c3cc(N(c4ccccc4)c4ccccc4)cc(c32)N5c2ccccc2-c2ccccc2)cc1. The van der Waals surface area contributed by atoms with Crippen molar-refractivity contribution < 1.29 is 0 Å². The summed E-state index contributed by atoms with van der Waals surface area (Å²) in [5, 5.41) is 0. The molecule has 4 aliphatic heterocycles. The van der Waals surface area contributed by atoms with Crippen molar-refractivity contribution in [2.24, 2.45) is 0 Å². The van der Waals surface area contributed by atoms with E-state index < -0.39 is 0 Å². The van der Waals surface area contributed by atoms with Crippen molar-refractivity contribution in [1.82, 2.24) is 0 Å². The second-order valence-corrected chi connectivity index (χ2v) is 27.0. The molecule has 0 atom stereocenters. The highest BCUT2D eigenvalue weighted by molar-refractivity contribution is 7.03. The molecule has 20 rings (SSSR count). The van der Waals surface area contributed by atoms with Gasteiger partial charge in [-0.05, 0) is 157 Å². The summed E-state index contributed by atoms with van der Waals surface area (Å²) in [6.45, 7) is -0.476. The van der Waals surface area contributed by atoms with Crippen LogP contribution in [0.2, 0.25) is 0 Å². The Morgan fingerprint density at radius 1 is 0.165 bits per heavy atom. The van der Waals surface area contributed by atoms with Crippen LogP contribution in [0, 0.1) is 0 Å². The smallest absolute Gasteiger partial charge is 0.252 e. The van der Waals surface area contributed by atoms with E-state index in [4.69, 9.17) is 0 Å². The summed E-state index contributed by atoms with van der Waals surface area (Å²) in [5.74, 6) is 0. The van der Waals surface area contributed by atoms with Crippen LogP contribution in [-0.2, 0) is 0 Å². The number of para-hydroxylation sites is 8. The van der Waals surface area contributed by atoms with Gasteiger partial charge in [0.25, 0.3) is 13.4 Å². The number of fused-ring (bicyclic) bond motifs is 8. The number of benzene rings is 16. The van der Waals surface area contributed by atoms with Gasteiger partial charge in [-0.3, -0.25) is 0 Å². The second kappa shape index (κ2) is 24.8. The predicted molar refractivity (Wildman–Crippen MR) is 436 cm³/mol. The molecule has 0 radical (unpaired) electrons. The van der Waals surface area contributed by atoms with Crippen molar-refractivity contribution in [3.05, 3.63) is 394 Å². The van der Waals surface area contributed by atoms with Gasteiger partial charge in [-0.25, -0.2) is 0 Å². The maximum Gasteiger partial charge on any atom is 0.252 e. The molecule has 0 fully saturated rings. The lowest BCUT2D eigenvalue weighted by Gasteiger charge is -2.48. The minimum Gasteiger partial charge on any atom is -0.311 e. The molecule has 0 bridgehead atoms. The van der Waals surface area contributed by atoms with Gasteiger partial charge < -0.3 is 24.5 Å². The Labute approximate surface area is 602 Å². The summed E-state index contributed by atoms with van der Waals surface area (Å²) >= 11 is 0. The number of nitrogens with zero attached hydrogens (tertiary/aromatic N) is 5. The van der Waals surface area contributed by atoms with Crippen LogP contribution >= 0.6 is 0 Å². The molecular weight excluding hydrogens is 1240 g/mol. The Balaban J connectivity index is 0.944. The van der Waals surface area contributed by atoms with E-state index in [0.717, 1.165) is 141 Å². The van der Waals surface area contributed by atoms with Crippen molar-refractivity contribution in [3.63, 3.8) is 0 Å². The first-order valence-corrected chi connectivity index (χ1v) is 35.6. The molecule has 480 valence electrons. The van der Waals surface area contributed by atoms with E-state index in [2.05, 4.69) is 419 Å². The lowest BCUT2D eigenvalue weighted by Crippen LogP contribution is -2.65. The van der Waals surface area contributed by atoms with Crippen LogP contribution < -0.4 is 57.3 Å². The Kier molecular flexibility index (Phi) is 14.4. The topological polar surface area (TPSA) is 16.2 Å². The first-order chi connectivity index (χ1) is 51.2. The zero-order valence-electron chi connectivity index (χ0n) is 56.4. The van der Waals surface area contributed by atoms with E-state index in [1.165, 1.54) is 32.8 Å². The van der Waals surface area contributed by atoms with Crippen LogP contribution in [-0.4, -0.2) is 13.4 Å². The monoisotopic (exact) mass is 1310 g/mol. The fraction of sp³-hybridized carbons (Fsp3) is 0. The molecule has 103 heavy (non-hydrogen) atoms. The van der Waals surface area contributed by atoms with Crippen molar-refractivity contribution in [3.8, 4) is 55.6 Å². The van der Waals surface area contributed by atoms with Gasteiger partial charge in [-0.1, -0.05) is 303 Å². The maximum absolute atomic E-state index is 2.67. The minimum atomic E-state index is -0.253. The summed E-state index contributed by atoms with van der Waals surface area (Å²) in [6.07, 6.45) is 0. The van der Waals surface area contributed by atoms with E-state index in [0.29, 0.717) is 0 Å². The normalized spacial score (nSPS) is 12.7. The van der Waals surface area contributed by atoms with Gasteiger partial charge in [0.15, 0.2) is 0 Å². The minimum absolute atomic E-state index is 0.224. The third-order valence-electron chi connectivity index (χ3n) is 21.4. The highest BCUT2D eigenvalue weighted by Gasteiger charge is 2.49. The van der Waals surface area contributed by atoms with E-state index in [9.17, 15) is 0 Å². The summed E-state index contributed by atoms with van der Waals surface area (Å²) in [5.41, 5.74) is 35.3. The van der Waals surface area contributed by atoms with E-state index in [1.54, 1.807) is 0 Å². The van der Waals surface area contributed by atoms with Gasteiger partial charge in [0.05, 0.1) is 28.4 Å². The molecule has 16 aromatic rings. The highest BCUT2D eigenvalue weighted by Crippen LogP contribution is 2.55. The van der Waals surface area contributed by atoms with Crippen molar-refractivity contribution in [2.45, 2.75) is 0 Å². The fourth-order valence-electron chi connectivity index (χ4n) is 17.1. The molecule has 4 heterocycles. The largest absolute Gasteiger partial charge is 0.311 e. The molecule has 0 saturated heterocycles. The lowest BCUT2D eigenvalue weighted by atomic mass is 9.30. The van der Waals surface area contributed by atoms with Gasteiger partial charge in [0, 0.05) is 79.1 Å². The van der Waals surface area contributed by atoms with Crippen LogP contribution in [0.1, 0.15) is 0 Å². The van der Waals surface area contributed by atoms with Crippen molar-refractivity contribution >= 4 is 132 Å². The van der Waals surface area contributed by atoms with Gasteiger partial charge >= 0.3 is 0 Å². The first kappa shape index (κ1) is 59.7. The van der Waals surface area contributed by atoms with Gasteiger partial charge in [0.2, 0.25) is 0 Å². The third-order valence-corrected chi connectivity index (χ3v) is 21.4.